The molecule has 27 heavy (non-hydrogen) atoms. The molecule has 142 valence electrons. The normalized spacial score (nSPS) is 14.3. The first-order valence-corrected chi connectivity index (χ1v) is 9.68. The topological polar surface area (TPSA) is 96.0 Å². The molecule has 3 rings (SSSR count). The summed E-state index contributed by atoms with van der Waals surface area (Å²) in [7, 11) is -2.43. The van der Waals surface area contributed by atoms with Gasteiger partial charge in [-0.15, -0.1) is 0 Å². The number of cyclic esters (lactones) is 1. The van der Waals surface area contributed by atoms with Crippen molar-refractivity contribution in [2.45, 2.75) is 4.90 Å². The lowest BCUT2D eigenvalue weighted by Crippen LogP contribution is -2.35. The van der Waals surface area contributed by atoms with Crippen molar-refractivity contribution in [2.75, 3.05) is 37.0 Å². The number of ether oxygens (including phenoxy) is 1. The number of para-hydroxylation sites is 2. The van der Waals surface area contributed by atoms with E-state index in [1.807, 2.05) is 0 Å². The fraction of sp³-hybridized carbons (Fsp3) is 0.222. The lowest BCUT2D eigenvalue weighted by atomic mass is 10.2. The summed E-state index contributed by atoms with van der Waals surface area (Å²) < 4.78 is 30.9. The van der Waals surface area contributed by atoms with Crippen molar-refractivity contribution in [2.24, 2.45) is 0 Å². The van der Waals surface area contributed by atoms with Gasteiger partial charge in [0.1, 0.15) is 6.61 Å². The van der Waals surface area contributed by atoms with Crippen LogP contribution in [0.3, 0.4) is 0 Å². The zero-order valence-electron chi connectivity index (χ0n) is 14.7. The molecule has 0 aromatic heterocycles. The predicted molar refractivity (Wildman–Crippen MR) is 100 cm³/mol. The lowest BCUT2D eigenvalue weighted by Gasteiger charge is -2.20. The molecule has 1 fully saturated rings. The van der Waals surface area contributed by atoms with Gasteiger partial charge in [0.15, 0.2) is 0 Å². The van der Waals surface area contributed by atoms with Crippen LogP contribution in [0.15, 0.2) is 59.5 Å². The third-order valence-corrected chi connectivity index (χ3v) is 5.87. The number of carbonyl (C=O) groups is 2. The van der Waals surface area contributed by atoms with E-state index in [9.17, 15) is 18.0 Å². The molecular weight excluding hydrogens is 370 g/mol. The highest BCUT2D eigenvalue weighted by Gasteiger charge is 2.27. The Bertz CT molecular complexity index is 946. The largest absolute Gasteiger partial charge is 0.447 e. The zero-order valence-corrected chi connectivity index (χ0v) is 15.5. The number of nitrogens with zero attached hydrogens (tertiary/aromatic N) is 2. The van der Waals surface area contributed by atoms with Crippen LogP contribution in [0.2, 0.25) is 0 Å². The fourth-order valence-electron chi connectivity index (χ4n) is 2.68. The molecule has 0 bridgehead atoms. The van der Waals surface area contributed by atoms with Crippen LogP contribution in [0, 0.1) is 0 Å². The van der Waals surface area contributed by atoms with Gasteiger partial charge in [-0.1, -0.05) is 30.3 Å². The van der Waals surface area contributed by atoms with Crippen molar-refractivity contribution in [1.82, 2.24) is 4.31 Å². The van der Waals surface area contributed by atoms with E-state index in [4.69, 9.17) is 4.74 Å². The van der Waals surface area contributed by atoms with Crippen molar-refractivity contribution in [3.63, 3.8) is 0 Å². The highest BCUT2D eigenvalue weighted by Crippen LogP contribution is 2.28. The van der Waals surface area contributed by atoms with E-state index in [0.717, 1.165) is 4.31 Å². The molecule has 2 aromatic carbocycles. The molecular formula is C18H19N3O5S. The van der Waals surface area contributed by atoms with Crippen molar-refractivity contribution in [3.05, 3.63) is 54.6 Å². The molecule has 1 N–H and O–H groups in total. The third-order valence-electron chi connectivity index (χ3n) is 4.05. The summed E-state index contributed by atoms with van der Waals surface area (Å²) >= 11 is 0. The molecule has 0 spiro atoms. The molecule has 0 aliphatic carbocycles. The van der Waals surface area contributed by atoms with Gasteiger partial charge in [-0.05, 0) is 24.3 Å². The average Bonchev–Trinajstić information content (AvgIpc) is 3.08. The molecule has 2 aromatic rings. The van der Waals surface area contributed by atoms with Crippen LogP contribution in [0.4, 0.5) is 16.2 Å². The van der Waals surface area contributed by atoms with Gasteiger partial charge in [0.2, 0.25) is 15.9 Å². The Balaban J connectivity index is 1.72. The van der Waals surface area contributed by atoms with Crippen molar-refractivity contribution in [3.8, 4) is 0 Å². The standard InChI is InChI=1S/C18H19N3O5S/c1-20(27(24,25)14-7-3-2-4-8-14)13-17(22)19-15-9-5-6-10-16(15)21-11-12-26-18(21)23/h2-10H,11-13H2,1H3,(H,19,22). The highest BCUT2D eigenvalue weighted by molar-refractivity contribution is 7.89. The lowest BCUT2D eigenvalue weighted by molar-refractivity contribution is -0.116. The molecule has 1 saturated heterocycles. The number of benzene rings is 2. The molecule has 8 nitrogen and oxygen atoms in total. The molecule has 1 aliphatic rings. The van der Waals surface area contributed by atoms with Gasteiger partial charge < -0.3 is 10.1 Å². The first kappa shape index (κ1) is 18.9. The Labute approximate surface area is 157 Å². The summed E-state index contributed by atoms with van der Waals surface area (Å²) in [4.78, 5) is 25.7. The van der Waals surface area contributed by atoms with Crippen molar-refractivity contribution >= 4 is 33.4 Å². The van der Waals surface area contributed by atoms with Crippen LogP contribution in [0.25, 0.3) is 0 Å². The van der Waals surface area contributed by atoms with E-state index >= 15 is 0 Å². The number of amides is 2. The second-order valence-corrected chi connectivity index (χ2v) is 7.95. The second-order valence-electron chi connectivity index (χ2n) is 5.91. The van der Waals surface area contributed by atoms with Gasteiger partial charge >= 0.3 is 6.09 Å². The molecule has 0 radical (unpaired) electrons. The molecule has 0 atom stereocenters. The summed E-state index contributed by atoms with van der Waals surface area (Å²) in [6.07, 6.45) is -0.486. The zero-order chi connectivity index (χ0) is 19.4. The van der Waals surface area contributed by atoms with Gasteiger partial charge in [0, 0.05) is 7.05 Å². The van der Waals surface area contributed by atoms with Crippen LogP contribution in [-0.2, 0) is 19.6 Å². The molecule has 1 aliphatic heterocycles. The smallest absolute Gasteiger partial charge is 0.414 e. The quantitative estimate of drug-likeness (QED) is 0.814. The molecule has 9 heteroatoms. The van der Waals surface area contributed by atoms with Gasteiger partial charge in [-0.25, -0.2) is 13.2 Å². The summed E-state index contributed by atoms with van der Waals surface area (Å²) in [5, 5.41) is 2.67. The summed E-state index contributed by atoms with van der Waals surface area (Å²) in [6.45, 7) is 0.295. The van der Waals surface area contributed by atoms with Crippen LogP contribution in [0.1, 0.15) is 0 Å². The predicted octanol–water partition coefficient (Wildman–Crippen LogP) is 1.90. The molecule has 0 unspecified atom stereocenters. The number of hydrogen-bond acceptors (Lipinski definition) is 5. The van der Waals surface area contributed by atoms with Gasteiger partial charge in [0.25, 0.3) is 0 Å². The van der Waals surface area contributed by atoms with Gasteiger partial charge in [0.05, 0.1) is 29.4 Å². The van der Waals surface area contributed by atoms with E-state index < -0.39 is 22.0 Å². The summed E-state index contributed by atoms with van der Waals surface area (Å²) in [5.74, 6) is -0.517. The fourth-order valence-corrected chi connectivity index (χ4v) is 3.82. The number of carbonyl (C=O) groups excluding carboxylic acids is 2. The first-order valence-electron chi connectivity index (χ1n) is 8.24. The minimum absolute atomic E-state index is 0.112. The van der Waals surface area contributed by atoms with Crippen LogP contribution < -0.4 is 10.2 Å². The maximum Gasteiger partial charge on any atom is 0.414 e. The van der Waals surface area contributed by atoms with E-state index in [1.54, 1.807) is 42.5 Å². The first-order chi connectivity index (χ1) is 12.9. The number of likely N-dealkylation sites (N-methyl/N-ethyl adjacent to an activating group) is 1. The Morgan fingerprint density at radius 2 is 1.81 bits per heavy atom. The van der Waals surface area contributed by atoms with Crippen molar-refractivity contribution < 1.29 is 22.7 Å². The summed E-state index contributed by atoms with van der Waals surface area (Å²) in [5.41, 5.74) is 0.911. The minimum atomic E-state index is -3.77. The highest BCUT2D eigenvalue weighted by atomic mass is 32.2. The van der Waals surface area contributed by atoms with E-state index in [0.29, 0.717) is 17.9 Å². The van der Waals surface area contributed by atoms with Crippen molar-refractivity contribution in [1.29, 1.82) is 0 Å². The molecule has 0 saturated carbocycles. The SMILES string of the molecule is CN(CC(=O)Nc1ccccc1N1CCOC1=O)S(=O)(=O)c1ccccc1. The van der Waals surface area contributed by atoms with Gasteiger partial charge in [-0.2, -0.15) is 4.31 Å². The Morgan fingerprint density at radius 1 is 1.15 bits per heavy atom. The Hall–Kier alpha value is -2.91. The monoisotopic (exact) mass is 389 g/mol. The average molecular weight is 389 g/mol. The maximum atomic E-state index is 12.5. The van der Waals surface area contributed by atoms with Crippen LogP contribution in [0.5, 0.6) is 0 Å². The second kappa shape index (κ2) is 7.77. The van der Waals surface area contributed by atoms with Gasteiger partial charge in [-0.3, -0.25) is 9.69 Å². The minimum Gasteiger partial charge on any atom is -0.447 e. The molecule has 2 amide bonds. The Kier molecular flexibility index (Phi) is 5.43. The van der Waals surface area contributed by atoms with E-state index in [1.165, 1.54) is 24.1 Å². The molecule has 1 heterocycles. The van der Waals surface area contributed by atoms with E-state index in [-0.39, 0.29) is 18.0 Å². The number of hydrogen-bond donors (Lipinski definition) is 1. The number of anilines is 2. The maximum absolute atomic E-state index is 12.5. The number of rotatable bonds is 6. The third kappa shape index (κ3) is 4.09. The Morgan fingerprint density at radius 3 is 2.48 bits per heavy atom. The summed E-state index contributed by atoms with van der Waals surface area (Å²) in [6, 6.07) is 14.7. The van der Waals surface area contributed by atoms with Crippen LogP contribution in [-0.4, -0.2) is 51.5 Å². The van der Waals surface area contributed by atoms with Crippen LogP contribution >= 0.6 is 0 Å². The number of sulfonamides is 1. The number of nitrogens with one attached hydrogen (secondary N) is 1. The van der Waals surface area contributed by atoms with E-state index in [2.05, 4.69) is 5.32 Å².